The number of carbonyl (C=O) groups is 1. The molecule has 1 fully saturated rings. The number of pyridine rings is 1. The molecule has 2 heterocycles. The summed E-state index contributed by atoms with van der Waals surface area (Å²) in [5, 5.41) is 3.23. The number of nitrogens with one attached hydrogen (secondary N) is 1. The fourth-order valence-electron chi connectivity index (χ4n) is 2.64. The van der Waals surface area contributed by atoms with Crippen molar-refractivity contribution in [3.63, 3.8) is 0 Å². The Kier molecular flexibility index (Phi) is 5.17. The third-order valence-electron chi connectivity index (χ3n) is 4.17. The fraction of sp³-hybridized carbons (Fsp3) is 0.625. The van der Waals surface area contributed by atoms with Crippen LogP contribution in [0.25, 0.3) is 0 Å². The van der Waals surface area contributed by atoms with E-state index in [9.17, 15) is 4.79 Å². The van der Waals surface area contributed by atoms with E-state index >= 15 is 0 Å². The van der Waals surface area contributed by atoms with Crippen LogP contribution < -0.4 is 5.32 Å². The van der Waals surface area contributed by atoms with Gasteiger partial charge < -0.3 is 10.2 Å². The topological polar surface area (TPSA) is 48.5 Å². The van der Waals surface area contributed by atoms with Gasteiger partial charge in [0.25, 0.3) is 5.91 Å². The zero-order valence-electron chi connectivity index (χ0n) is 13.5. The van der Waals surface area contributed by atoms with Crippen molar-refractivity contribution in [3.8, 4) is 0 Å². The Balaban J connectivity index is 2.09. The van der Waals surface area contributed by atoms with Crippen molar-refractivity contribution in [1.82, 2.24) is 14.8 Å². The summed E-state index contributed by atoms with van der Waals surface area (Å²) in [4.78, 5) is 21.3. The third kappa shape index (κ3) is 3.73. The lowest BCUT2D eigenvalue weighted by atomic mass is 10.1. The molecule has 1 aromatic rings. The number of likely N-dealkylation sites (N-methyl/N-ethyl adjacent to an activating group) is 1. The van der Waals surface area contributed by atoms with E-state index in [0.29, 0.717) is 17.8 Å². The summed E-state index contributed by atoms with van der Waals surface area (Å²) in [7, 11) is 2.12. The van der Waals surface area contributed by atoms with Gasteiger partial charge in [0.1, 0.15) is 11.5 Å². The van der Waals surface area contributed by atoms with Gasteiger partial charge in [-0.25, -0.2) is 4.98 Å². The number of anilines is 1. The largest absolute Gasteiger partial charge is 0.370 e. The van der Waals surface area contributed by atoms with Crippen LogP contribution in [0.5, 0.6) is 0 Å². The molecule has 1 saturated heterocycles. The molecule has 0 radical (unpaired) electrons. The summed E-state index contributed by atoms with van der Waals surface area (Å²) in [6, 6.07) is 6.34. The van der Waals surface area contributed by atoms with E-state index in [0.717, 1.165) is 31.9 Å². The molecule has 1 amide bonds. The van der Waals surface area contributed by atoms with Crippen LogP contribution in [0.2, 0.25) is 0 Å². The second-order valence-corrected chi connectivity index (χ2v) is 5.91. The second kappa shape index (κ2) is 6.89. The molecule has 0 aromatic carbocycles. The zero-order valence-corrected chi connectivity index (χ0v) is 13.5. The molecule has 1 aliphatic rings. The van der Waals surface area contributed by atoms with E-state index in [2.05, 4.69) is 43.0 Å². The van der Waals surface area contributed by atoms with Gasteiger partial charge in [-0.1, -0.05) is 13.0 Å². The van der Waals surface area contributed by atoms with Gasteiger partial charge in [-0.3, -0.25) is 9.69 Å². The SMILES string of the molecule is CCCNc1cccc(C(=O)N2CC(C)N(C)C(C)C2)n1. The van der Waals surface area contributed by atoms with Crippen LogP contribution in [0.3, 0.4) is 0 Å². The quantitative estimate of drug-likeness (QED) is 0.922. The maximum Gasteiger partial charge on any atom is 0.272 e. The molecule has 0 aliphatic carbocycles. The van der Waals surface area contributed by atoms with E-state index in [1.54, 1.807) is 6.07 Å². The number of carbonyl (C=O) groups excluding carboxylic acids is 1. The lowest BCUT2D eigenvalue weighted by Gasteiger charge is -2.42. The lowest BCUT2D eigenvalue weighted by molar-refractivity contribution is 0.0409. The van der Waals surface area contributed by atoms with Crippen LogP contribution in [0, 0.1) is 0 Å². The van der Waals surface area contributed by atoms with Crippen molar-refractivity contribution in [2.75, 3.05) is 32.0 Å². The molecule has 1 N–H and O–H groups in total. The number of nitrogens with zero attached hydrogens (tertiary/aromatic N) is 3. The Labute approximate surface area is 127 Å². The lowest BCUT2D eigenvalue weighted by Crippen LogP contribution is -2.56. The summed E-state index contributed by atoms with van der Waals surface area (Å²) >= 11 is 0. The van der Waals surface area contributed by atoms with Crippen molar-refractivity contribution in [3.05, 3.63) is 23.9 Å². The molecule has 5 heteroatoms. The minimum absolute atomic E-state index is 0.0296. The fourth-order valence-corrected chi connectivity index (χ4v) is 2.64. The van der Waals surface area contributed by atoms with Gasteiger partial charge in [0.15, 0.2) is 0 Å². The van der Waals surface area contributed by atoms with E-state index in [1.165, 1.54) is 0 Å². The highest BCUT2D eigenvalue weighted by molar-refractivity contribution is 5.92. The van der Waals surface area contributed by atoms with Crippen LogP contribution in [0.15, 0.2) is 18.2 Å². The van der Waals surface area contributed by atoms with Gasteiger partial charge in [-0.2, -0.15) is 0 Å². The highest BCUT2D eigenvalue weighted by atomic mass is 16.2. The molecule has 0 saturated carbocycles. The highest BCUT2D eigenvalue weighted by Gasteiger charge is 2.30. The minimum Gasteiger partial charge on any atom is -0.370 e. The summed E-state index contributed by atoms with van der Waals surface area (Å²) < 4.78 is 0. The molecule has 5 nitrogen and oxygen atoms in total. The van der Waals surface area contributed by atoms with Gasteiger partial charge in [0.05, 0.1) is 0 Å². The Morgan fingerprint density at radius 1 is 1.33 bits per heavy atom. The minimum atomic E-state index is 0.0296. The maximum atomic E-state index is 12.6. The molecule has 1 aliphatic heterocycles. The molecule has 2 rings (SSSR count). The molecular weight excluding hydrogens is 264 g/mol. The number of hydrogen-bond acceptors (Lipinski definition) is 4. The van der Waals surface area contributed by atoms with Crippen molar-refractivity contribution in [2.24, 2.45) is 0 Å². The Hall–Kier alpha value is -1.62. The predicted molar refractivity (Wildman–Crippen MR) is 85.6 cm³/mol. The Morgan fingerprint density at radius 3 is 2.62 bits per heavy atom. The summed E-state index contributed by atoms with van der Waals surface area (Å²) in [5.74, 6) is 0.805. The van der Waals surface area contributed by atoms with Crippen molar-refractivity contribution < 1.29 is 4.79 Å². The summed E-state index contributed by atoms with van der Waals surface area (Å²) in [6.45, 7) is 8.80. The normalized spacial score (nSPS) is 23.1. The summed E-state index contributed by atoms with van der Waals surface area (Å²) in [5.41, 5.74) is 0.528. The number of piperazine rings is 1. The number of amides is 1. The first-order chi connectivity index (χ1) is 10.0. The molecule has 0 bridgehead atoms. The first kappa shape index (κ1) is 15.8. The van der Waals surface area contributed by atoms with Gasteiger partial charge in [0, 0.05) is 31.7 Å². The Bertz CT molecular complexity index is 479. The number of rotatable bonds is 4. The van der Waals surface area contributed by atoms with Gasteiger partial charge in [-0.05, 0) is 39.4 Å². The van der Waals surface area contributed by atoms with Crippen molar-refractivity contribution >= 4 is 11.7 Å². The van der Waals surface area contributed by atoms with E-state index in [4.69, 9.17) is 0 Å². The first-order valence-corrected chi connectivity index (χ1v) is 7.75. The molecular formula is C16H26N4O. The monoisotopic (exact) mass is 290 g/mol. The second-order valence-electron chi connectivity index (χ2n) is 5.91. The zero-order chi connectivity index (χ0) is 15.4. The predicted octanol–water partition coefficient (Wildman–Crippen LogP) is 2.07. The smallest absolute Gasteiger partial charge is 0.272 e. The maximum absolute atomic E-state index is 12.6. The van der Waals surface area contributed by atoms with Crippen LogP contribution in [0.1, 0.15) is 37.7 Å². The summed E-state index contributed by atoms with van der Waals surface area (Å²) in [6.07, 6.45) is 1.04. The average molecular weight is 290 g/mol. The van der Waals surface area contributed by atoms with Crippen LogP contribution >= 0.6 is 0 Å². The van der Waals surface area contributed by atoms with Crippen LogP contribution in [-0.2, 0) is 0 Å². The molecule has 21 heavy (non-hydrogen) atoms. The van der Waals surface area contributed by atoms with E-state index in [-0.39, 0.29) is 5.91 Å². The molecule has 0 spiro atoms. The standard InChI is InChI=1S/C16H26N4O/c1-5-9-17-15-8-6-7-14(18-15)16(21)20-10-12(2)19(4)13(3)11-20/h6-8,12-13H,5,9-11H2,1-4H3,(H,17,18). The van der Waals surface area contributed by atoms with Gasteiger partial charge in [-0.15, -0.1) is 0 Å². The van der Waals surface area contributed by atoms with E-state index < -0.39 is 0 Å². The van der Waals surface area contributed by atoms with Crippen molar-refractivity contribution in [2.45, 2.75) is 39.3 Å². The van der Waals surface area contributed by atoms with E-state index in [1.807, 2.05) is 17.0 Å². The van der Waals surface area contributed by atoms with Gasteiger partial charge >= 0.3 is 0 Å². The van der Waals surface area contributed by atoms with Crippen molar-refractivity contribution in [1.29, 1.82) is 0 Å². The van der Waals surface area contributed by atoms with Crippen LogP contribution in [-0.4, -0.2) is 59.5 Å². The average Bonchev–Trinajstić information content (AvgIpc) is 2.49. The molecule has 116 valence electrons. The number of aromatic nitrogens is 1. The third-order valence-corrected chi connectivity index (χ3v) is 4.17. The molecule has 2 unspecified atom stereocenters. The molecule has 1 aromatic heterocycles. The highest BCUT2D eigenvalue weighted by Crippen LogP contribution is 2.16. The Morgan fingerprint density at radius 2 is 2.00 bits per heavy atom. The molecule has 2 atom stereocenters. The van der Waals surface area contributed by atoms with Gasteiger partial charge in [0.2, 0.25) is 0 Å². The number of hydrogen-bond donors (Lipinski definition) is 1. The first-order valence-electron chi connectivity index (χ1n) is 7.75. The van der Waals surface area contributed by atoms with Crippen LogP contribution in [0.4, 0.5) is 5.82 Å².